The minimum absolute atomic E-state index is 0.0702. The van der Waals surface area contributed by atoms with Crippen molar-refractivity contribution >= 4 is 50.0 Å². The molecule has 0 atom stereocenters. The van der Waals surface area contributed by atoms with Crippen molar-refractivity contribution in [2.75, 3.05) is 67.4 Å². The summed E-state index contributed by atoms with van der Waals surface area (Å²) in [6.45, 7) is 6.39. The number of fused-ring (bicyclic) bond motifs is 1. The normalized spacial score (nSPS) is 16.0. The molecule has 3 aliphatic heterocycles. The SMILES string of the molecule is CCN(C)S(=O)(=O)Nc1ccc(F)c(C(=O)c2cn(C(c3ccccc3)(c3ccccc3)c3ccccc3)c3ncc(-c4cnc(N5CC6(C5)CN(C5CCN(c7ccc([N+](=O)[O-])cc7F)CC5)C6)nc4)cc23)c1F. The van der Waals surface area contributed by atoms with Gasteiger partial charge in [-0.2, -0.15) is 12.7 Å². The highest BCUT2D eigenvalue weighted by molar-refractivity contribution is 7.90. The maximum Gasteiger partial charge on any atom is 0.301 e. The summed E-state index contributed by atoms with van der Waals surface area (Å²) < 4.78 is 78.7. The molecule has 3 aromatic heterocycles. The van der Waals surface area contributed by atoms with E-state index in [9.17, 15) is 22.9 Å². The van der Waals surface area contributed by atoms with Crippen LogP contribution >= 0.6 is 0 Å². The number of ketones is 1. The highest BCUT2D eigenvalue weighted by atomic mass is 32.2. The number of carbonyl (C=O) groups excluding carboxylic acids is 1. The van der Waals surface area contributed by atoms with Gasteiger partial charge in [0.25, 0.3) is 5.69 Å². The van der Waals surface area contributed by atoms with Crippen molar-refractivity contribution in [3.05, 3.63) is 208 Å². The minimum atomic E-state index is -4.26. The van der Waals surface area contributed by atoms with Crippen LogP contribution in [-0.4, -0.2) is 107 Å². The van der Waals surface area contributed by atoms with Gasteiger partial charge in [0.15, 0.2) is 11.6 Å². The third-order valence-electron chi connectivity index (χ3n) is 15.1. The lowest BCUT2D eigenvalue weighted by molar-refractivity contribution is -0.385. The zero-order chi connectivity index (χ0) is 52.2. The summed E-state index contributed by atoms with van der Waals surface area (Å²) >= 11 is 0. The number of benzene rings is 5. The van der Waals surface area contributed by atoms with Crippen molar-refractivity contribution < 1.29 is 31.3 Å². The molecule has 8 aromatic rings. The number of pyridine rings is 1. The van der Waals surface area contributed by atoms with E-state index in [1.807, 2.05) is 100 Å². The maximum atomic E-state index is 16.7. The van der Waals surface area contributed by atoms with Gasteiger partial charge in [0.2, 0.25) is 11.7 Å². The van der Waals surface area contributed by atoms with Crippen LogP contribution in [-0.2, 0) is 15.7 Å². The van der Waals surface area contributed by atoms with Gasteiger partial charge in [0.05, 0.1) is 33.5 Å². The zero-order valence-electron chi connectivity index (χ0n) is 41.0. The van der Waals surface area contributed by atoms with E-state index in [4.69, 9.17) is 15.0 Å². The highest BCUT2D eigenvalue weighted by Crippen LogP contribution is 2.46. The van der Waals surface area contributed by atoms with Crippen LogP contribution in [0.15, 0.2) is 152 Å². The maximum absolute atomic E-state index is 16.7. The molecule has 382 valence electrons. The number of nitrogens with one attached hydrogen (secondary N) is 1. The van der Waals surface area contributed by atoms with Crippen LogP contribution < -0.4 is 14.5 Å². The fourth-order valence-corrected chi connectivity index (χ4v) is 12.1. The Balaban J connectivity index is 0.903. The monoisotopic (exact) mass is 1030 g/mol. The quantitative estimate of drug-likeness (QED) is 0.0451. The number of carbonyl (C=O) groups is 1. The Hall–Kier alpha value is -8.00. The number of hydrogen-bond acceptors (Lipinski definition) is 11. The molecule has 3 aliphatic rings. The van der Waals surface area contributed by atoms with Gasteiger partial charge in [-0.1, -0.05) is 97.9 Å². The Kier molecular flexibility index (Phi) is 12.7. The van der Waals surface area contributed by atoms with Crippen LogP contribution in [0.25, 0.3) is 22.2 Å². The second-order valence-electron chi connectivity index (χ2n) is 19.6. The Labute approximate surface area is 431 Å². The summed E-state index contributed by atoms with van der Waals surface area (Å²) in [7, 11) is -2.95. The van der Waals surface area contributed by atoms with E-state index in [0.29, 0.717) is 47.5 Å². The molecular formula is C56H51F3N10O5S. The Morgan fingerprint density at radius 3 is 1.92 bits per heavy atom. The molecule has 1 N–H and O–H groups in total. The van der Waals surface area contributed by atoms with Gasteiger partial charge in [-0.3, -0.25) is 24.5 Å². The molecule has 75 heavy (non-hydrogen) atoms. The molecule has 0 bridgehead atoms. The van der Waals surface area contributed by atoms with Crippen LogP contribution in [0.3, 0.4) is 0 Å². The molecule has 6 heterocycles. The average molecular weight is 1030 g/mol. The first kappa shape index (κ1) is 49.2. The van der Waals surface area contributed by atoms with Crippen molar-refractivity contribution in [3.63, 3.8) is 0 Å². The van der Waals surface area contributed by atoms with Crippen LogP contribution in [0.2, 0.25) is 0 Å². The Bertz CT molecular complexity index is 3470. The number of piperidine rings is 1. The lowest BCUT2D eigenvalue weighted by Gasteiger charge is -2.62. The van der Waals surface area contributed by atoms with Crippen LogP contribution in [0.4, 0.5) is 36.2 Å². The van der Waals surface area contributed by atoms with Crippen LogP contribution in [0.1, 0.15) is 52.4 Å². The van der Waals surface area contributed by atoms with E-state index in [0.717, 1.165) is 78.2 Å². The fraction of sp³-hybridized carbons (Fsp3) is 0.250. The number of anilines is 3. The van der Waals surface area contributed by atoms with E-state index in [1.54, 1.807) is 37.8 Å². The molecule has 19 heteroatoms. The van der Waals surface area contributed by atoms with E-state index in [-0.39, 0.29) is 28.6 Å². The van der Waals surface area contributed by atoms with Crippen molar-refractivity contribution in [3.8, 4) is 11.1 Å². The fourth-order valence-electron chi connectivity index (χ4n) is 11.2. The van der Waals surface area contributed by atoms with Crippen LogP contribution in [0, 0.1) is 33.0 Å². The van der Waals surface area contributed by atoms with Gasteiger partial charge in [0, 0.05) is 112 Å². The molecule has 0 amide bonds. The molecular weight excluding hydrogens is 982 g/mol. The predicted octanol–water partition coefficient (Wildman–Crippen LogP) is 9.29. The average Bonchev–Trinajstić information content (AvgIpc) is 3.81. The molecule has 1 spiro atoms. The van der Waals surface area contributed by atoms with Crippen LogP contribution in [0.5, 0.6) is 0 Å². The minimum Gasteiger partial charge on any atom is -0.369 e. The van der Waals surface area contributed by atoms with Gasteiger partial charge in [0.1, 0.15) is 17.0 Å². The highest BCUT2D eigenvalue weighted by Gasteiger charge is 2.54. The summed E-state index contributed by atoms with van der Waals surface area (Å²) in [4.78, 5) is 46.8. The lowest BCUT2D eigenvalue weighted by Crippen LogP contribution is -2.74. The number of likely N-dealkylation sites (tertiary alicyclic amines) is 1. The van der Waals surface area contributed by atoms with E-state index in [2.05, 4.69) is 14.5 Å². The standard InChI is InChI=1S/C56H51F3N10O5S/c1-3-64(2)75(73,74)63-48-21-20-46(57)50(51(48)59)52(70)45-32-68(56(39-13-7-4-8-14-39,40-15-9-5-10-16-40)41-17-11-6-12-18-41)53-44(45)27-37(29-60-53)38-30-61-54(62-31-38)67-35-55(36-67)33-66(34-55)42-23-25-65(26-24-42)49-22-19-43(69(71)72)28-47(49)58/h4-22,27-32,42,63H,3,23-26,33-36H2,1-2H3. The topological polar surface area (TPSA) is 163 Å². The van der Waals surface area contributed by atoms with Crippen molar-refractivity contribution in [2.45, 2.75) is 31.3 Å². The Morgan fingerprint density at radius 2 is 1.36 bits per heavy atom. The molecule has 3 fully saturated rings. The number of non-ortho nitro benzene ring substituents is 1. The second kappa shape index (κ2) is 19.4. The molecule has 0 radical (unpaired) electrons. The lowest BCUT2D eigenvalue weighted by atomic mass is 9.71. The zero-order valence-corrected chi connectivity index (χ0v) is 41.8. The van der Waals surface area contributed by atoms with E-state index in [1.165, 1.54) is 19.2 Å². The number of hydrogen-bond donors (Lipinski definition) is 1. The summed E-state index contributed by atoms with van der Waals surface area (Å²) in [5.74, 6) is -3.61. The molecule has 0 unspecified atom stereocenters. The molecule has 5 aromatic carbocycles. The number of rotatable bonds is 15. The van der Waals surface area contributed by atoms with Gasteiger partial charge >= 0.3 is 10.2 Å². The third-order valence-corrected chi connectivity index (χ3v) is 16.6. The second-order valence-corrected chi connectivity index (χ2v) is 21.4. The first-order chi connectivity index (χ1) is 36.2. The summed E-state index contributed by atoms with van der Waals surface area (Å²) in [5, 5.41) is 11.4. The first-order valence-electron chi connectivity index (χ1n) is 24.6. The summed E-state index contributed by atoms with van der Waals surface area (Å²) in [5.41, 5.74) is 1.29. The predicted molar refractivity (Wildman–Crippen MR) is 281 cm³/mol. The van der Waals surface area contributed by atoms with Gasteiger partial charge in [-0.05, 0) is 53.8 Å². The van der Waals surface area contributed by atoms with Crippen molar-refractivity contribution in [1.29, 1.82) is 0 Å². The molecule has 15 nitrogen and oxygen atoms in total. The Morgan fingerprint density at radius 1 is 0.773 bits per heavy atom. The number of halogens is 3. The number of nitro benzene ring substituents is 1. The van der Waals surface area contributed by atoms with Crippen molar-refractivity contribution in [2.24, 2.45) is 5.41 Å². The molecule has 0 saturated carbocycles. The summed E-state index contributed by atoms with van der Waals surface area (Å²) in [6, 6.07) is 36.8. The number of aromatic nitrogens is 4. The molecule has 11 rings (SSSR count). The van der Waals surface area contributed by atoms with E-state index < -0.39 is 55.2 Å². The third kappa shape index (κ3) is 8.73. The molecule has 0 aliphatic carbocycles. The first-order valence-corrected chi connectivity index (χ1v) is 26.1. The number of nitrogens with zero attached hydrogens (tertiary/aromatic N) is 9. The van der Waals surface area contributed by atoms with Gasteiger partial charge in [-0.25, -0.2) is 28.1 Å². The van der Waals surface area contributed by atoms with Gasteiger partial charge in [-0.15, -0.1) is 0 Å². The summed E-state index contributed by atoms with van der Waals surface area (Å²) in [6.07, 6.45) is 8.33. The van der Waals surface area contributed by atoms with Crippen molar-refractivity contribution in [1.82, 2.24) is 28.7 Å². The number of nitro groups is 1. The van der Waals surface area contributed by atoms with Gasteiger partial charge < -0.3 is 14.4 Å². The molecule has 3 saturated heterocycles. The smallest absolute Gasteiger partial charge is 0.301 e. The largest absolute Gasteiger partial charge is 0.369 e. The van der Waals surface area contributed by atoms with E-state index >= 15 is 13.6 Å².